The summed E-state index contributed by atoms with van der Waals surface area (Å²) in [5, 5.41) is 11.1. The van der Waals surface area contributed by atoms with Crippen LogP contribution in [0.2, 0.25) is 0 Å². The molecule has 0 fully saturated rings. The molecule has 0 saturated carbocycles. The number of oxazole rings is 1. The summed E-state index contributed by atoms with van der Waals surface area (Å²) < 4.78 is 18.3. The van der Waals surface area contributed by atoms with E-state index in [0.717, 1.165) is 18.5 Å². The summed E-state index contributed by atoms with van der Waals surface area (Å²) in [5.41, 5.74) is 0.0669. The number of aryl methyl sites for hydroxylation is 1. The van der Waals surface area contributed by atoms with Crippen LogP contribution in [0.15, 0.2) is 29.0 Å². The van der Waals surface area contributed by atoms with Crippen LogP contribution in [0.1, 0.15) is 26.6 Å². The number of carbonyl (C=O) groups is 2. The SMILES string of the molecule is Cc1ncoc1C(=O)Nc1ccc(C(=O)O)c(F)c1. The van der Waals surface area contributed by atoms with E-state index in [0.29, 0.717) is 5.69 Å². The molecule has 1 aromatic heterocycles. The van der Waals surface area contributed by atoms with E-state index in [9.17, 15) is 14.0 Å². The number of carboxylic acid groups (broad SMARTS) is 1. The maximum Gasteiger partial charge on any atom is 0.338 e. The molecule has 1 aromatic carbocycles. The van der Waals surface area contributed by atoms with Crippen LogP contribution in [0.25, 0.3) is 0 Å². The van der Waals surface area contributed by atoms with E-state index >= 15 is 0 Å². The van der Waals surface area contributed by atoms with Crippen molar-refractivity contribution in [1.29, 1.82) is 0 Å². The molecule has 0 bridgehead atoms. The van der Waals surface area contributed by atoms with Gasteiger partial charge in [0.05, 0.1) is 11.3 Å². The summed E-state index contributed by atoms with van der Waals surface area (Å²) in [4.78, 5) is 26.1. The highest BCUT2D eigenvalue weighted by Gasteiger charge is 2.16. The monoisotopic (exact) mass is 264 g/mol. The molecule has 1 heterocycles. The van der Waals surface area contributed by atoms with Crippen molar-refractivity contribution >= 4 is 17.6 Å². The number of nitrogens with zero attached hydrogens (tertiary/aromatic N) is 1. The molecule has 2 N–H and O–H groups in total. The first-order chi connectivity index (χ1) is 8.99. The van der Waals surface area contributed by atoms with Crippen molar-refractivity contribution in [2.45, 2.75) is 6.92 Å². The fourth-order valence-electron chi connectivity index (χ4n) is 1.47. The molecule has 0 aliphatic rings. The molecule has 98 valence electrons. The first-order valence-corrected chi connectivity index (χ1v) is 5.23. The zero-order valence-electron chi connectivity index (χ0n) is 9.81. The number of carboxylic acids is 1. The van der Waals surface area contributed by atoms with Gasteiger partial charge in [0, 0.05) is 5.69 Å². The molecule has 7 heteroatoms. The summed E-state index contributed by atoms with van der Waals surface area (Å²) in [7, 11) is 0. The highest BCUT2D eigenvalue weighted by atomic mass is 19.1. The quantitative estimate of drug-likeness (QED) is 0.885. The predicted molar refractivity (Wildman–Crippen MR) is 62.6 cm³/mol. The largest absolute Gasteiger partial charge is 0.478 e. The van der Waals surface area contributed by atoms with E-state index in [1.165, 1.54) is 6.07 Å². The Balaban J connectivity index is 2.21. The first-order valence-electron chi connectivity index (χ1n) is 5.23. The fourth-order valence-corrected chi connectivity index (χ4v) is 1.47. The third-order valence-corrected chi connectivity index (χ3v) is 2.41. The minimum Gasteiger partial charge on any atom is -0.478 e. The normalized spacial score (nSPS) is 10.2. The van der Waals surface area contributed by atoms with Gasteiger partial charge in [-0.15, -0.1) is 0 Å². The lowest BCUT2D eigenvalue weighted by molar-refractivity contribution is 0.0692. The molecule has 0 spiro atoms. The smallest absolute Gasteiger partial charge is 0.338 e. The van der Waals surface area contributed by atoms with E-state index in [1.807, 2.05) is 0 Å². The molecule has 0 aliphatic heterocycles. The van der Waals surface area contributed by atoms with E-state index in [1.54, 1.807) is 6.92 Å². The van der Waals surface area contributed by atoms with E-state index in [2.05, 4.69) is 10.3 Å². The minimum absolute atomic E-state index is 0.0164. The van der Waals surface area contributed by atoms with Crippen LogP contribution in [0.3, 0.4) is 0 Å². The van der Waals surface area contributed by atoms with E-state index in [-0.39, 0.29) is 11.4 Å². The van der Waals surface area contributed by atoms with Crippen LogP contribution >= 0.6 is 0 Å². The molecule has 0 atom stereocenters. The molecule has 2 aromatic rings. The van der Waals surface area contributed by atoms with Gasteiger partial charge in [-0.2, -0.15) is 0 Å². The number of amides is 1. The lowest BCUT2D eigenvalue weighted by Gasteiger charge is -2.05. The third-order valence-electron chi connectivity index (χ3n) is 2.41. The van der Waals surface area contributed by atoms with Gasteiger partial charge in [0.2, 0.25) is 5.76 Å². The number of halogens is 1. The number of aromatic carboxylic acids is 1. The van der Waals surface area contributed by atoms with Crippen molar-refractivity contribution in [3.05, 3.63) is 47.4 Å². The Labute approximate surface area is 106 Å². The second-order valence-electron chi connectivity index (χ2n) is 3.72. The second-order valence-corrected chi connectivity index (χ2v) is 3.72. The Hall–Kier alpha value is -2.70. The lowest BCUT2D eigenvalue weighted by Crippen LogP contribution is -2.13. The van der Waals surface area contributed by atoms with Gasteiger partial charge in [-0.3, -0.25) is 4.79 Å². The predicted octanol–water partition coefficient (Wildman–Crippen LogP) is 2.07. The van der Waals surface area contributed by atoms with Gasteiger partial charge in [-0.05, 0) is 25.1 Å². The van der Waals surface area contributed by atoms with Gasteiger partial charge in [-0.25, -0.2) is 14.2 Å². The van der Waals surface area contributed by atoms with Gasteiger partial charge < -0.3 is 14.8 Å². The Bertz CT molecular complexity index is 651. The molecule has 1 amide bonds. The molecular weight excluding hydrogens is 255 g/mol. The maximum atomic E-state index is 13.4. The van der Waals surface area contributed by atoms with Crippen LogP contribution in [-0.2, 0) is 0 Å². The molecule has 0 unspecified atom stereocenters. The topological polar surface area (TPSA) is 92.4 Å². The van der Waals surface area contributed by atoms with Crippen molar-refractivity contribution < 1.29 is 23.5 Å². The van der Waals surface area contributed by atoms with Crippen LogP contribution in [0.4, 0.5) is 10.1 Å². The maximum absolute atomic E-state index is 13.4. The van der Waals surface area contributed by atoms with Gasteiger partial charge in [-0.1, -0.05) is 0 Å². The zero-order chi connectivity index (χ0) is 14.0. The van der Waals surface area contributed by atoms with Crippen LogP contribution in [0, 0.1) is 12.7 Å². The molecule has 19 heavy (non-hydrogen) atoms. The molecular formula is C12H9FN2O4. The molecule has 2 rings (SSSR count). The van der Waals surface area contributed by atoms with Crippen molar-refractivity contribution in [2.24, 2.45) is 0 Å². The Morgan fingerprint density at radius 2 is 2.16 bits per heavy atom. The standard InChI is InChI=1S/C12H9FN2O4/c1-6-10(19-5-14-6)11(16)15-7-2-3-8(12(17)18)9(13)4-7/h2-5H,1H3,(H,15,16)(H,17,18). The van der Waals surface area contributed by atoms with Gasteiger partial charge in [0.15, 0.2) is 6.39 Å². The zero-order valence-corrected chi connectivity index (χ0v) is 9.81. The highest BCUT2D eigenvalue weighted by Crippen LogP contribution is 2.16. The Morgan fingerprint density at radius 3 is 2.68 bits per heavy atom. The number of rotatable bonds is 3. The number of nitrogens with one attached hydrogen (secondary N) is 1. The van der Waals surface area contributed by atoms with Crippen molar-refractivity contribution in [3.8, 4) is 0 Å². The summed E-state index contributed by atoms with van der Waals surface area (Å²) in [5.74, 6) is -2.87. The average molecular weight is 264 g/mol. The van der Waals surface area contributed by atoms with Crippen molar-refractivity contribution in [3.63, 3.8) is 0 Å². The molecule has 0 aliphatic carbocycles. The first kappa shape index (κ1) is 12.7. The summed E-state index contributed by atoms with van der Waals surface area (Å²) in [6, 6.07) is 3.28. The van der Waals surface area contributed by atoms with E-state index < -0.39 is 23.3 Å². The molecule has 0 saturated heterocycles. The Kier molecular flexibility index (Phi) is 3.28. The number of aromatic nitrogens is 1. The van der Waals surface area contributed by atoms with Gasteiger partial charge >= 0.3 is 5.97 Å². The third kappa shape index (κ3) is 2.59. The average Bonchev–Trinajstić information content (AvgIpc) is 2.75. The van der Waals surface area contributed by atoms with Crippen molar-refractivity contribution in [1.82, 2.24) is 4.98 Å². The number of hydrogen-bond donors (Lipinski definition) is 2. The summed E-state index contributed by atoms with van der Waals surface area (Å²) in [6.07, 6.45) is 1.12. The van der Waals surface area contributed by atoms with Crippen LogP contribution in [-0.4, -0.2) is 22.0 Å². The van der Waals surface area contributed by atoms with E-state index in [4.69, 9.17) is 9.52 Å². The number of carbonyl (C=O) groups excluding carboxylic acids is 1. The van der Waals surface area contributed by atoms with Crippen LogP contribution in [0.5, 0.6) is 0 Å². The van der Waals surface area contributed by atoms with Gasteiger partial charge in [0.1, 0.15) is 5.82 Å². The van der Waals surface area contributed by atoms with Gasteiger partial charge in [0.25, 0.3) is 5.91 Å². The van der Waals surface area contributed by atoms with Crippen molar-refractivity contribution in [2.75, 3.05) is 5.32 Å². The highest BCUT2D eigenvalue weighted by molar-refractivity contribution is 6.03. The lowest BCUT2D eigenvalue weighted by atomic mass is 10.2. The summed E-state index contributed by atoms with van der Waals surface area (Å²) >= 11 is 0. The molecule has 6 nitrogen and oxygen atoms in total. The fraction of sp³-hybridized carbons (Fsp3) is 0.0833. The minimum atomic E-state index is -1.37. The second kappa shape index (κ2) is 4.89. The number of anilines is 1. The Morgan fingerprint density at radius 1 is 1.42 bits per heavy atom. The van der Waals surface area contributed by atoms with Crippen LogP contribution < -0.4 is 5.32 Å². The number of benzene rings is 1. The summed E-state index contributed by atoms with van der Waals surface area (Å²) in [6.45, 7) is 1.59. The number of hydrogen-bond acceptors (Lipinski definition) is 4. The molecule has 0 radical (unpaired) electrons.